The molecule has 5 nitrogen and oxygen atoms in total. The van der Waals surface area contributed by atoms with Crippen LogP contribution in [0.5, 0.6) is 0 Å². The van der Waals surface area contributed by atoms with Crippen LogP contribution in [0.2, 0.25) is 5.02 Å². The van der Waals surface area contributed by atoms with Gasteiger partial charge in [0.1, 0.15) is 6.33 Å². The van der Waals surface area contributed by atoms with Gasteiger partial charge in [-0.25, -0.2) is 9.97 Å². The van der Waals surface area contributed by atoms with Crippen molar-refractivity contribution in [1.29, 1.82) is 0 Å². The largest absolute Gasteiger partial charge is 0.325 e. The second-order valence-electron chi connectivity index (χ2n) is 3.86. The van der Waals surface area contributed by atoms with Gasteiger partial charge in [-0.2, -0.15) is 0 Å². The summed E-state index contributed by atoms with van der Waals surface area (Å²) >= 11 is 5.83. The van der Waals surface area contributed by atoms with Gasteiger partial charge in [-0.1, -0.05) is 17.7 Å². The standard InChI is InChI=1S/C13H13ClN4O/c14-10-2-1-3-11(6-10)18-13(19)8-16-7-12-4-5-15-9-17-12/h1-6,9,16H,7-8H2,(H,18,19). The van der Waals surface area contributed by atoms with Crippen LogP contribution in [0.1, 0.15) is 5.69 Å². The molecule has 2 aromatic rings. The van der Waals surface area contributed by atoms with Gasteiger partial charge in [0, 0.05) is 23.5 Å². The van der Waals surface area contributed by atoms with Gasteiger partial charge in [-0.05, 0) is 24.3 Å². The number of carbonyl (C=O) groups is 1. The lowest BCUT2D eigenvalue weighted by atomic mass is 10.3. The third-order valence-electron chi connectivity index (χ3n) is 2.34. The van der Waals surface area contributed by atoms with Crippen LogP contribution in [0.4, 0.5) is 5.69 Å². The van der Waals surface area contributed by atoms with Crippen LogP contribution in [0.3, 0.4) is 0 Å². The van der Waals surface area contributed by atoms with Crippen molar-refractivity contribution in [2.24, 2.45) is 0 Å². The molecule has 0 aliphatic heterocycles. The molecule has 1 aromatic heterocycles. The van der Waals surface area contributed by atoms with Gasteiger partial charge in [0.25, 0.3) is 0 Å². The fraction of sp³-hybridized carbons (Fsp3) is 0.154. The van der Waals surface area contributed by atoms with Gasteiger partial charge in [0.2, 0.25) is 5.91 Å². The average molecular weight is 277 g/mol. The third-order valence-corrected chi connectivity index (χ3v) is 2.58. The predicted octanol–water partition coefficient (Wildman–Crippen LogP) is 1.86. The normalized spacial score (nSPS) is 10.2. The van der Waals surface area contributed by atoms with Crippen molar-refractivity contribution < 1.29 is 4.79 Å². The van der Waals surface area contributed by atoms with Crippen LogP contribution in [0.15, 0.2) is 42.9 Å². The number of hydrogen-bond donors (Lipinski definition) is 2. The minimum Gasteiger partial charge on any atom is -0.325 e. The maximum absolute atomic E-state index is 11.7. The van der Waals surface area contributed by atoms with E-state index < -0.39 is 0 Å². The number of halogens is 1. The van der Waals surface area contributed by atoms with E-state index in [-0.39, 0.29) is 12.5 Å². The highest BCUT2D eigenvalue weighted by molar-refractivity contribution is 6.30. The molecule has 2 N–H and O–H groups in total. The van der Waals surface area contributed by atoms with Crippen molar-refractivity contribution in [2.75, 3.05) is 11.9 Å². The molecule has 0 radical (unpaired) electrons. The topological polar surface area (TPSA) is 66.9 Å². The maximum atomic E-state index is 11.7. The summed E-state index contributed by atoms with van der Waals surface area (Å²) < 4.78 is 0. The van der Waals surface area contributed by atoms with E-state index in [9.17, 15) is 4.79 Å². The highest BCUT2D eigenvalue weighted by Crippen LogP contribution is 2.14. The van der Waals surface area contributed by atoms with Crippen LogP contribution in [-0.2, 0) is 11.3 Å². The molecule has 0 spiro atoms. The van der Waals surface area contributed by atoms with E-state index in [2.05, 4.69) is 20.6 Å². The molecule has 0 bridgehead atoms. The van der Waals surface area contributed by atoms with Crippen LogP contribution in [0.25, 0.3) is 0 Å². The fourth-order valence-corrected chi connectivity index (χ4v) is 1.69. The van der Waals surface area contributed by atoms with Crippen LogP contribution < -0.4 is 10.6 Å². The second kappa shape index (κ2) is 6.82. The van der Waals surface area contributed by atoms with Gasteiger partial charge in [0.15, 0.2) is 0 Å². The lowest BCUT2D eigenvalue weighted by Gasteiger charge is -2.06. The number of anilines is 1. The predicted molar refractivity (Wildman–Crippen MR) is 73.8 cm³/mol. The smallest absolute Gasteiger partial charge is 0.238 e. The summed E-state index contributed by atoms with van der Waals surface area (Å²) in [5.74, 6) is -0.128. The minimum atomic E-state index is -0.128. The maximum Gasteiger partial charge on any atom is 0.238 e. The summed E-state index contributed by atoms with van der Waals surface area (Å²) in [7, 11) is 0. The molecule has 0 aliphatic carbocycles. The monoisotopic (exact) mass is 276 g/mol. The first-order valence-electron chi connectivity index (χ1n) is 5.75. The second-order valence-corrected chi connectivity index (χ2v) is 4.30. The molecule has 6 heteroatoms. The first-order chi connectivity index (χ1) is 9.24. The molecule has 0 unspecified atom stereocenters. The summed E-state index contributed by atoms with van der Waals surface area (Å²) in [6.45, 7) is 0.724. The number of nitrogens with zero attached hydrogens (tertiary/aromatic N) is 2. The van der Waals surface area contributed by atoms with Crippen molar-refractivity contribution in [2.45, 2.75) is 6.54 Å². The minimum absolute atomic E-state index is 0.128. The Morgan fingerprint density at radius 2 is 2.21 bits per heavy atom. The van der Waals surface area contributed by atoms with E-state index in [1.807, 2.05) is 0 Å². The summed E-state index contributed by atoms with van der Waals surface area (Å²) in [6, 6.07) is 8.82. The Kier molecular flexibility index (Phi) is 4.83. The molecule has 2 rings (SSSR count). The molecule has 0 atom stereocenters. The first kappa shape index (κ1) is 13.5. The molecule has 1 aromatic carbocycles. The number of nitrogens with one attached hydrogen (secondary N) is 2. The van der Waals surface area contributed by atoms with Gasteiger partial charge in [0.05, 0.1) is 12.2 Å². The number of hydrogen-bond acceptors (Lipinski definition) is 4. The van der Waals surface area contributed by atoms with E-state index in [1.54, 1.807) is 36.5 Å². The van der Waals surface area contributed by atoms with E-state index in [1.165, 1.54) is 6.33 Å². The first-order valence-corrected chi connectivity index (χ1v) is 6.13. The lowest BCUT2D eigenvalue weighted by Crippen LogP contribution is -2.27. The molecule has 1 heterocycles. The molecule has 19 heavy (non-hydrogen) atoms. The summed E-state index contributed by atoms with van der Waals surface area (Å²) in [4.78, 5) is 19.5. The molecular weight excluding hydrogens is 264 g/mol. The van der Waals surface area contributed by atoms with Gasteiger partial charge in [-0.15, -0.1) is 0 Å². The van der Waals surface area contributed by atoms with Crippen molar-refractivity contribution >= 4 is 23.2 Å². The van der Waals surface area contributed by atoms with E-state index >= 15 is 0 Å². The number of rotatable bonds is 5. The molecule has 0 fully saturated rings. The van der Waals surface area contributed by atoms with Gasteiger partial charge < -0.3 is 10.6 Å². The zero-order chi connectivity index (χ0) is 13.5. The molecule has 1 amide bonds. The SMILES string of the molecule is O=C(CNCc1ccncn1)Nc1cccc(Cl)c1. The zero-order valence-electron chi connectivity index (χ0n) is 10.1. The number of aromatic nitrogens is 2. The van der Waals surface area contributed by atoms with Crippen molar-refractivity contribution in [1.82, 2.24) is 15.3 Å². The number of benzene rings is 1. The van der Waals surface area contributed by atoms with Crippen LogP contribution >= 0.6 is 11.6 Å². The highest BCUT2D eigenvalue weighted by Gasteiger charge is 2.02. The Bertz CT molecular complexity index is 547. The van der Waals surface area contributed by atoms with Crippen molar-refractivity contribution in [3.05, 3.63) is 53.6 Å². The summed E-state index contributed by atoms with van der Waals surface area (Å²) in [6.07, 6.45) is 3.14. The van der Waals surface area contributed by atoms with Crippen LogP contribution in [-0.4, -0.2) is 22.4 Å². The average Bonchev–Trinajstić information content (AvgIpc) is 2.40. The zero-order valence-corrected chi connectivity index (χ0v) is 10.9. The molecule has 98 valence electrons. The number of amides is 1. The van der Waals surface area contributed by atoms with E-state index in [0.29, 0.717) is 17.3 Å². The Labute approximate surface area is 116 Å². The Hall–Kier alpha value is -1.98. The molecule has 0 aliphatic rings. The molecule has 0 saturated carbocycles. The van der Waals surface area contributed by atoms with E-state index in [4.69, 9.17) is 11.6 Å². The quantitative estimate of drug-likeness (QED) is 0.875. The lowest BCUT2D eigenvalue weighted by molar-refractivity contribution is -0.115. The van der Waals surface area contributed by atoms with Gasteiger partial charge >= 0.3 is 0 Å². The molecular formula is C13H13ClN4O. The Morgan fingerprint density at radius 3 is 2.95 bits per heavy atom. The van der Waals surface area contributed by atoms with E-state index in [0.717, 1.165) is 5.69 Å². The summed E-state index contributed by atoms with van der Waals surface area (Å²) in [5, 5.41) is 6.34. The van der Waals surface area contributed by atoms with Gasteiger partial charge in [-0.3, -0.25) is 4.79 Å². The highest BCUT2D eigenvalue weighted by atomic mass is 35.5. The third kappa shape index (κ3) is 4.65. The summed E-state index contributed by atoms with van der Waals surface area (Å²) in [5.41, 5.74) is 1.52. The Balaban J connectivity index is 1.76. The van der Waals surface area contributed by atoms with Crippen LogP contribution in [0, 0.1) is 0 Å². The Morgan fingerprint density at radius 1 is 1.32 bits per heavy atom. The van der Waals surface area contributed by atoms with Crippen molar-refractivity contribution in [3.63, 3.8) is 0 Å². The molecule has 0 saturated heterocycles. The van der Waals surface area contributed by atoms with Crippen molar-refractivity contribution in [3.8, 4) is 0 Å². The fourth-order valence-electron chi connectivity index (χ4n) is 1.50. The number of carbonyl (C=O) groups excluding carboxylic acids is 1.